The molecule has 194 valence electrons. The van der Waals surface area contributed by atoms with Crippen molar-refractivity contribution in [1.82, 2.24) is 9.97 Å². The molecule has 2 aromatic heterocycles. The zero-order chi connectivity index (χ0) is 27.4. The highest BCUT2D eigenvalue weighted by atomic mass is 35.5. The summed E-state index contributed by atoms with van der Waals surface area (Å²) in [5.74, 6) is -1.23. The molecule has 0 aliphatic heterocycles. The maximum Gasteiger partial charge on any atom is 0.433 e. The Hall–Kier alpha value is -3.89. The molecule has 1 N–H and O–H groups in total. The highest BCUT2D eigenvalue weighted by Crippen LogP contribution is 2.40. The van der Waals surface area contributed by atoms with Crippen LogP contribution in [0.25, 0.3) is 11.1 Å². The summed E-state index contributed by atoms with van der Waals surface area (Å²) in [5, 5.41) is 18.2. The summed E-state index contributed by atoms with van der Waals surface area (Å²) in [5.41, 5.74) is -1.94. The van der Waals surface area contributed by atoms with Gasteiger partial charge in [-0.15, -0.1) is 0 Å². The number of carboxylic acids is 1. The number of pyridine rings is 2. The highest BCUT2D eigenvalue weighted by Gasteiger charge is 2.34. The van der Waals surface area contributed by atoms with Crippen LogP contribution in [0.3, 0.4) is 0 Å². The molecule has 14 heteroatoms. The number of sulfonamides is 1. The van der Waals surface area contributed by atoms with E-state index >= 15 is 0 Å². The van der Waals surface area contributed by atoms with Gasteiger partial charge in [0.05, 0.1) is 23.3 Å². The smallest absolute Gasteiger partial charge is 0.433 e. The van der Waals surface area contributed by atoms with Crippen molar-refractivity contribution in [2.45, 2.75) is 23.9 Å². The lowest BCUT2D eigenvalue weighted by Crippen LogP contribution is -2.28. The fraction of sp³-hybridized carbons (Fsp3) is 0.217. The van der Waals surface area contributed by atoms with Crippen LogP contribution in [0.2, 0.25) is 5.02 Å². The van der Waals surface area contributed by atoms with Gasteiger partial charge in [0.25, 0.3) is 10.0 Å². The minimum Gasteiger partial charge on any atom is -0.492 e. The Labute approximate surface area is 214 Å². The third-order valence-electron chi connectivity index (χ3n) is 5.04. The van der Waals surface area contributed by atoms with Crippen molar-refractivity contribution in [1.29, 1.82) is 5.26 Å². The van der Waals surface area contributed by atoms with Gasteiger partial charge in [-0.25, -0.2) is 13.4 Å². The van der Waals surface area contributed by atoms with Gasteiger partial charge in [-0.05, 0) is 30.7 Å². The van der Waals surface area contributed by atoms with Crippen molar-refractivity contribution >= 4 is 33.4 Å². The molecule has 0 saturated carbocycles. The van der Waals surface area contributed by atoms with Crippen LogP contribution >= 0.6 is 11.6 Å². The molecule has 37 heavy (non-hydrogen) atoms. The van der Waals surface area contributed by atoms with E-state index in [1.165, 1.54) is 19.3 Å². The van der Waals surface area contributed by atoms with E-state index in [9.17, 15) is 31.6 Å². The maximum absolute atomic E-state index is 13.6. The summed E-state index contributed by atoms with van der Waals surface area (Å²) >= 11 is 6.35. The number of rotatable bonds is 9. The average Bonchev–Trinajstić information content (AvgIpc) is 2.85. The number of anilines is 1. The number of benzene rings is 1. The second-order valence-electron chi connectivity index (χ2n) is 7.51. The third-order valence-corrected chi connectivity index (χ3v) is 7.14. The number of nitriles is 1. The number of aliphatic carboxylic acids is 1. The Morgan fingerprint density at radius 3 is 2.54 bits per heavy atom. The molecule has 0 fully saturated rings. The number of ether oxygens (including phenoxy) is 1. The molecule has 0 amide bonds. The largest absolute Gasteiger partial charge is 0.492 e. The van der Waals surface area contributed by atoms with Crippen LogP contribution < -0.4 is 9.04 Å². The summed E-state index contributed by atoms with van der Waals surface area (Å²) in [6.07, 6.45) is -2.81. The Bertz CT molecular complexity index is 1460. The van der Waals surface area contributed by atoms with Gasteiger partial charge in [0.2, 0.25) is 0 Å². The van der Waals surface area contributed by atoms with Crippen molar-refractivity contribution in [3.8, 4) is 22.9 Å². The van der Waals surface area contributed by atoms with Crippen molar-refractivity contribution in [2.75, 3.05) is 18.0 Å². The predicted octanol–water partition coefficient (Wildman–Crippen LogP) is 4.76. The second kappa shape index (κ2) is 11.0. The first-order valence-corrected chi connectivity index (χ1v) is 12.2. The Morgan fingerprint density at radius 1 is 1.22 bits per heavy atom. The van der Waals surface area contributed by atoms with E-state index in [2.05, 4.69) is 9.97 Å². The Kier molecular flexibility index (Phi) is 8.25. The van der Waals surface area contributed by atoms with Crippen LogP contribution in [0.5, 0.6) is 5.75 Å². The zero-order valence-corrected chi connectivity index (χ0v) is 20.6. The highest BCUT2D eigenvalue weighted by molar-refractivity contribution is 7.92. The first-order chi connectivity index (χ1) is 17.4. The van der Waals surface area contributed by atoms with Crippen LogP contribution in [0.1, 0.15) is 24.1 Å². The van der Waals surface area contributed by atoms with Gasteiger partial charge in [0.1, 0.15) is 22.2 Å². The van der Waals surface area contributed by atoms with Gasteiger partial charge in [0, 0.05) is 43.1 Å². The van der Waals surface area contributed by atoms with Crippen molar-refractivity contribution in [3.05, 3.63) is 65.1 Å². The molecule has 0 saturated heterocycles. The number of halogens is 4. The zero-order valence-electron chi connectivity index (χ0n) is 19.0. The normalized spacial score (nSPS) is 11.6. The molecule has 3 rings (SSSR count). The van der Waals surface area contributed by atoms with E-state index in [0.717, 1.165) is 22.6 Å². The maximum atomic E-state index is 13.6. The van der Waals surface area contributed by atoms with E-state index in [4.69, 9.17) is 21.4 Å². The van der Waals surface area contributed by atoms with Crippen LogP contribution in [-0.4, -0.2) is 43.1 Å². The number of hydrogen-bond acceptors (Lipinski definition) is 7. The number of nitrogens with zero attached hydrogens (tertiary/aromatic N) is 4. The number of carboxylic acid groups (broad SMARTS) is 1. The molecule has 9 nitrogen and oxygen atoms in total. The lowest BCUT2D eigenvalue weighted by Gasteiger charge is -2.22. The van der Waals surface area contributed by atoms with Gasteiger partial charge in [-0.2, -0.15) is 18.4 Å². The number of carbonyl (C=O) groups is 1. The minimum atomic E-state index is -4.80. The molecule has 0 radical (unpaired) electrons. The fourth-order valence-corrected chi connectivity index (χ4v) is 4.73. The lowest BCUT2D eigenvalue weighted by atomic mass is 10.0. The summed E-state index contributed by atoms with van der Waals surface area (Å²) < 4.78 is 72.8. The van der Waals surface area contributed by atoms with E-state index in [1.54, 1.807) is 18.2 Å². The third kappa shape index (κ3) is 6.28. The quantitative estimate of drug-likeness (QED) is 0.374. The van der Waals surface area contributed by atoms with Gasteiger partial charge < -0.3 is 9.84 Å². The monoisotopic (exact) mass is 554 g/mol. The Morgan fingerprint density at radius 2 is 1.95 bits per heavy atom. The minimum absolute atomic E-state index is 0.0599. The molecule has 2 heterocycles. The molecule has 0 spiro atoms. The van der Waals surface area contributed by atoms with Crippen LogP contribution in [-0.2, 0) is 21.0 Å². The lowest BCUT2D eigenvalue weighted by molar-refractivity contribution is -0.141. The summed E-state index contributed by atoms with van der Waals surface area (Å²) in [7, 11) is -3.15. The van der Waals surface area contributed by atoms with Gasteiger partial charge in [-0.3, -0.25) is 14.1 Å². The van der Waals surface area contributed by atoms with Crippen LogP contribution in [0.4, 0.5) is 19.0 Å². The molecule has 1 aromatic carbocycles. The molecule has 0 bridgehead atoms. The van der Waals surface area contributed by atoms with E-state index < -0.39 is 38.3 Å². The Balaban J connectivity index is 2.17. The molecule has 0 aliphatic carbocycles. The summed E-state index contributed by atoms with van der Waals surface area (Å²) in [6.45, 7) is -0.164. The first-order valence-electron chi connectivity index (χ1n) is 10.4. The molecule has 0 aliphatic rings. The molecular formula is C23H18ClF3N4O5S. The van der Waals surface area contributed by atoms with Crippen LogP contribution in [0.15, 0.2) is 53.7 Å². The number of alkyl halides is 3. The van der Waals surface area contributed by atoms with Crippen molar-refractivity contribution < 1.29 is 36.2 Å². The molecule has 0 atom stereocenters. The van der Waals surface area contributed by atoms with Gasteiger partial charge >= 0.3 is 12.1 Å². The molecule has 0 unspecified atom stereocenters. The van der Waals surface area contributed by atoms with E-state index in [1.807, 2.05) is 0 Å². The first kappa shape index (κ1) is 27.7. The second-order valence-corrected chi connectivity index (χ2v) is 9.85. The fourth-order valence-electron chi connectivity index (χ4n) is 3.19. The standard InChI is InChI=1S/C23H18ClF3N4O5S/c1-31(21-5-2-3-7-29-21)37(34,35)19-10-15(17(24)11-18(19)36-8-4-6-22(32)33)16-13-30-20(23(25,26)27)9-14(16)12-28/h2-3,5,7,9-11,13H,4,6,8H2,1H3,(H,32,33). The summed E-state index contributed by atoms with van der Waals surface area (Å²) in [4.78, 5) is 17.7. The van der Waals surface area contributed by atoms with Gasteiger partial charge in [-0.1, -0.05) is 17.7 Å². The van der Waals surface area contributed by atoms with Crippen molar-refractivity contribution in [3.63, 3.8) is 0 Å². The SMILES string of the molecule is CN(c1ccccn1)S(=O)(=O)c1cc(-c2cnc(C(F)(F)F)cc2C#N)c(Cl)cc1OCCCC(=O)O. The predicted molar refractivity (Wildman–Crippen MR) is 127 cm³/mol. The molecular weight excluding hydrogens is 537 g/mol. The topological polar surface area (TPSA) is 133 Å². The molecule has 3 aromatic rings. The van der Waals surface area contributed by atoms with Crippen LogP contribution in [0, 0.1) is 11.3 Å². The number of hydrogen-bond donors (Lipinski definition) is 1. The summed E-state index contributed by atoms with van der Waals surface area (Å²) in [6, 6.07) is 8.98. The average molecular weight is 555 g/mol. The van der Waals surface area contributed by atoms with Crippen molar-refractivity contribution in [2.24, 2.45) is 0 Å². The van der Waals surface area contributed by atoms with E-state index in [-0.39, 0.29) is 47.2 Å². The van der Waals surface area contributed by atoms with E-state index in [0.29, 0.717) is 6.07 Å². The number of aromatic nitrogens is 2. The van der Waals surface area contributed by atoms with Gasteiger partial charge in [0.15, 0.2) is 0 Å².